The van der Waals surface area contributed by atoms with Crippen LogP contribution in [0.15, 0.2) is 42.5 Å². The molecule has 0 spiro atoms. The van der Waals surface area contributed by atoms with Crippen molar-refractivity contribution in [1.82, 2.24) is 4.90 Å². The first-order valence-corrected chi connectivity index (χ1v) is 12.1. The molecule has 1 saturated heterocycles. The molecule has 0 aromatic heterocycles. The largest absolute Gasteiger partial charge is 0.493 e. The van der Waals surface area contributed by atoms with Crippen LogP contribution in [0.4, 0.5) is 5.69 Å². The topological polar surface area (TPSA) is 42.0 Å². The monoisotopic (exact) mass is 488 g/mol. The number of methoxy groups -OCH3 is 1. The number of carbonyl (C=O) groups excluding carboxylic acids is 1. The quantitative estimate of drug-likeness (QED) is 0.473. The van der Waals surface area contributed by atoms with Gasteiger partial charge in [0.25, 0.3) is 5.91 Å². The van der Waals surface area contributed by atoms with Crippen molar-refractivity contribution in [3.8, 4) is 11.5 Å². The molecule has 0 saturated carbocycles. The molecule has 2 aromatic carbocycles. The number of amides is 1. The fourth-order valence-electron chi connectivity index (χ4n) is 4.57. The molecule has 2 aliphatic heterocycles. The number of ether oxygens (including phenoxy) is 2. The van der Waals surface area contributed by atoms with E-state index in [-0.39, 0.29) is 5.91 Å². The van der Waals surface area contributed by atoms with Crippen LogP contribution >= 0.6 is 23.2 Å². The van der Waals surface area contributed by atoms with E-state index < -0.39 is 5.54 Å². The summed E-state index contributed by atoms with van der Waals surface area (Å²) in [5, 5.41) is 0.875. The van der Waals surface area contributed by atoms with Gasteiger partial charge in [-0.25, -0.2) is 0 Å². The number of likely N-dealkylation sites (tertiary alicyclic amines) is 1. The first kappa shape index (κ1) is 23.9. The third-order valence-electron chi connectivity index (χ3n) is 6.26. The van der Waals surface area contributed by atoms with Gasteiger partial charge in [-0.3, -0.25) is 14.6 Å². The second-order valence-electron chi connectivity index (χ2n) is 9.07. The molecule has 1 fully saturated rings. The second-order valence-corrected chi connectivity index (χ2v) is 9.88. The number of rotatable bonds is 7. The second kappa shape index (κ2) is 9.96. The number of halogens is 2. The number of piperidine rings is 1. The summed E-state index contributed by atoms with van der Waals surface area (Å²) in [5.41, 5.74) is 1.59. The van der Waals surface area contributed by atoms with Crippen LogP contribution in [0.3, 0.4) is 0 Å². The Balaban J connectivity index is 1.55. The van der Waals surface area contributed by atoms with Crippen molar-refractivity contribution >= 4 is 40.4 Å². The van der Waals surface area contributed by atoms with E-state index >= 15 is 0 Å². The Morgan fingerprint density at radius 1 is 0.970 bits per heavy atom. The van der Waals surface area contributed by atoms with Crippen molar-refractivity contribution in [2.45, 2.75) is 38.6 Å². The van der Waals surface area contributed by atoms with E-state index in [4.69, 9.17) is 32.7 Å². The van der Waals surface area contributed by atoms with Crippen LogP contribution in [-0.4, -0.2) is 49.7 Å². The van der Waals surface area contributed by atoms with Gasteiger partial charge in [0, 0.05) is 17.8 Å². The lowest BCUT2D eigenvalue weighted by molar-refractivity contribution is -0.113. The maximum atomic E-state index is 13.5. The van der Waals surface area contributed by atoms with Gasteiger partial charge >= 0.3 is 0 Å². The highest BCUT2D eigenvalue weighted by molar-refractivity contribution is 6.42. The highest BCUT2D eigenvalue weighted by Gasteiger charge is 2.40. The van der Waals surface area contributed by atoms with Crippen molar-refractivity contribution in [3.63, 3.8) is 0 Å². The highest BCUT2D eigenvalue weighted by Crippen LogP contribution is 2.41. The number of hydrogen-bond donors (Lipinski definition) is 0. The summed E-state index contributed by atoms with van der Waals surface area (Å²) in [6, 6.07) is 10.9. The molecule has 0 N–H and O–H groups in total. The number of hydrogen-bond acceptors (Lipinski definition) is 4. The van der Waals surface area contributed by atoms with Gasteiger partial charge in [0.1, 0.15) is 6.61 Å². The van der Waals surface area contributed by atoms with E-state index in [1.807, 2.05) is 44.2 Å². The summed E-state index contributed by atoms with van der Waals surface area (Å²) in [5.74, 6) is 1.21. The lowest BCUT2D eigenvalue weighted by Crippen LogP contribution is -2.41. The molecule has 0 bridgehead atoms. The molecule has 2 heterocycles. The minimum atomic E-state index is -0.529. The van der Waals surface area contributed by atoms with Crippen LogP contribution in [0.5, 0.6) is 11.5 Å². The molecule has 0 radical (unpaired) electrons. The van der Waals surface area contributed by atoms with Crippen molar-refractivity contribution < 1.29 is 14.3 Å². The van der Waals surface area contributed by atoms with Crippen LogP contribution in [0.25, 0.3) is 5.57 Å². The molecule has 1 amide bonds. The standard InChI is InChI=1S/C26H30Cl2N2O3/c1-26(2)17-20(25(31)30(26)19-8-9-21(27)22(28)16-19)18-7-10-23(32-3)24(15-18)33-14-13-29-11-5-4-6-12-29/h7-10,15-17H,4-6,11-14H2,1-3H3. The molecule has 5 nitrogen and oxygen atoms in total. The minimum absolute atomic E-state index is 0.0946. The molecular formula is C26H30Cl2N2O3. The molecule has 2 aromatic rings. The molecule has 2 aliphatic rings. The van der Waals surface area contributed by atoms with Gasteiger partial charge in [0.05, 0.1) is 22.7 Å². The average molecular weight is 489 g/mol. The predicted octanol–water partition coefficient (Wildman–Crippen LogP) is 6.08. The van der Waals surface area contributed by atoms with Crippen LogP contribution in [0, 0.1) is 0 Å². The van der Waals surface area contributed by atoms with E-state index in [1.54, 1.807) is 24.1 Å². The zero-order valence-electron chi connectivity index (χ0n) is 19.4. The Morgan fingerprint density at radius 2 is 1.73 bits per heavy atom. The third kappa shape index (κ3) is 5.16. The Hall–Kier alpha value is -2.21. The maximum absolute atomic E-state index is 13.5. The summed E-state index contributed by atoms with van der Waals surface area (Å²) >= 11 is 12.3. The summed E-state index contributed by atoms with van der Waals surface area (Å²) in [6.07, 6.45) is 5.80. The maximum Gasteiger partial charge on any atom is 0.259 e. The Kier molecular flexibility index (Phi) is 7.22. The lowest BCUT2D eigenvalue weighted by Gasteiger charge is -2.31. The van der Waals surface area contributed by atoms with Crippen molar-refractivity contribution in [2.75, 3.05) is 38.3 Å². The molecule has 7 heteroatoms. The summed E-state index contributed by atoms with van der Waals surface area (Å²) < 4.78 is 11.6. The SMILES string of the molecule is COc1ccc(C2=CC(C)(C)N(c3ccc(Cl)c(Cl)c3)C2=O)cc1OCCN1CCCCC1. The van der Waals surface area contributed by atoms with Gasteiger partial charge in [-0.1, -0.05) is 35.7 Å². The molecular weight excluding hydrogens is 459 g/mol. The molecule has 0 aliphatic carbocycles. The van der Waals surface area contributed by atoms with Crippen LogP contribution in [-0.2, 0) is 4.79 Å². The van der Waals surface area contributed by atoms with Gasteiger partial charge in [-0.05, 0) is 81.7 Å². The van der Waals surface area contributed by atoms with E-state index in [0.29, 0.717) is 39.4 Å². The Labute approximate surface area is 205 Å². The Morgan fingerprint density at radius 3 is 2.42 bits per heavy atom. The van der Waals surface area contributed by atoms with Gasteiger partial charge in [-0.15, -0.1) is 0 Å². The number of anilines is 1. The molecule has 0 unspecified atom stereocenters. The summed E-state index contributed by atoms with van der Waals surface area (Å²) in [7, 11) is 1.63. The van der Waals surface area contributed by atoms with Gasteiger partial charge in [0.2, 0.25) is 0 Å². The average Bonchev–Trinajstić information content (AvgIpc) is 3.05. The van der Waals surface area contributed by atoms with Gasteiger partial charge in [-0.2, -0.15) is 0 Å². The molecule has 176 valence electrons. The van der Waals surface area contributed by atoms with Gasteiger partial charge < -0.3 is 9.47 Å². The number of nitrogens with zero attached hydrogens (tertiary/aromatic N) is 2. The Bertz CT molecular complexity index is 1060. The van der Waals surface area contributed by atoms with Gasteiger partial charge in [0.15, 0.2) is 11.5 Å². The predicted molar refractivity (Wildman–Crippen MR) is 135 cm³/mol. The molecule has 4 rings (SSSR count). The zero-order chi connectivity index (χ0) is 23.6. The third-order valence-corrected chi connectivity index (χ3v) is 7.00. The van der Waals surface area contributed by atoms with Crippen molar-refractivity contribution in [1.29, 1.82) is 0 Å². The lowest BCUT2D eigenvalue weighted by atomic mass is 10.0. The summed E-state index contributed by atoms with van der Waals surface area (Å²) in [4.78, 5) is 17.7. The fourth-order valence-corrected chi connectivity index (χ4v) is 4.86. The number of benzene rings is 2. The number of carbonyl (C=O) groups is 1. The minimum Gasteiger partial charge on any atom is -0.493 e. The fraction of sp³-hybridized carbons (Fsp3) is 0.423. The first-order chi connectivity index (χ1) is 15.8. The van der Waals surface area contributed by atoms with E-state index in [1.165, 1.54) is 19.3 Å². The first-order valence-electron chi connectivity index (χ1n) is 11.4. The van der Waals surface area contributed by atoms with Crippen LogP contribution in [0.1, 0.15) is 38.7 Å². The highest BCUT2D eigenvalue weighted by atomic mass is 35.5. The van der Waals surface area contributed by atoms with Crippen molar-refractivity contribution in [2.24, 2.45) is 0 Å². The zero-order valence-corrected chi connectivity index (χ0v) is 20.9. The summed E-state index contributed by atoms with van der Waals surface area (Å²) in [6.45, 7) is 7.71. The van der Waals surface area contributed by atoms with Crippen molar-refractivity contribution in [3.05, 3.63) is 58.1 Å². The smallest absolute Gasteiger partial charge is 0.259 e. The van der Waals surface area contributed by atoms with Crippen LogP contribution in [0.2, 0.25) is 10.0 Å². The van der Waals surface area contributed by atoms with Crippen LogP contribution < -0.4 is 14.4 Å². The normalized spacial score (nSPS) is 18.4. The molecule has 0 atom stereocenters. The molecule has 33 heavy (non-hydrogen) atoms. The van der Waals surface area contributed by atoms with E-state index in [9.17, 15) is 4.79 Å². The van der Waals surface area contributed by atoms with E-state index in [2.05, 4.69) is 4.90 Å². The van der Waals surface area contributed by atoms with E-state index in [0.717, 1.165) is 25.2 Å².